The molecule has 2 aromatic rings. The number of fused-ring (bicyclic) bond motifs is 1. The number of nitro groups is 1. The minimum atomic E-state index is -0.311. The molecule has 0 bridgehead atoms. The van der Waals surface area contributed by atoms with Crippen LogP contribution in [0.1, 0.15) is 11.3 Å². The van der Waals surface area contributed by atoms with Gasteiger partial charge in [0.25, 0.3) is 0 Å². The minimum absolute atomic E-state index is 0.243. The highest BCUT2D eigenvalue weighted by Gasteiger charge is 2.22. The fourth-order valence-electron chi connectivity index (χ4n) is 1.44. The molecule has 0 fully saturated rings. The zero-order valence-corrected chi connectivity index (χ0v) is 8.09. The molecular weight excluding hydrogens is 188 g/mol. The average Bonchev–Trinajstić information content (AvgIpc) is 2.57. The second-order valence-corrected chi connectivity index (χ2v) is 3.79. The zero-order valence-electron chi connectivity index (χ0n) is 7.27. The third-order valence-electron chi connectivity index (χ3n) is 2.25. The molecule has 0 radical (unpaired) electrons. The quantitative estimate of drug-likeness (QED) is 0.519. The lowest BCUT2D eigenvalue weighted by molar-refractivity contribution is -0.383. The van der Waals surface area contributed by atoms with E-state index in [-0.39, 0.29) is 10.6 Å². The Morgan fingerprint density at radius 3 is 2.85 bits per heavy atom. The van der Waals surface area contributed by atoms with Gasteiger partial charge in [0.2, 0.25) is 0 Å². The molecule has 5 heteroatoms. The molecule has 68 valence electrons. The molecule has 0 atom stereocenters. The Labute approximate surface area is 78.6 Å². The number of thiazole rings is 1. The minimum Gasteiger partial charge on any atom is -0.306 e. The maximum Gasteiger partial charge on any atom is 0.308 e. The highest BCUT2D eigenvalue weighted by Crippen LogP contribution is 2.32. The van der Waals surface area contributed by atoms with Crippen molar-refractivity contribution in [3.05, 3.63) is 32.9 Å². The number of aryl methyl sites for hydroxylation is 1. The number of aromatic nitrogens is 1. The van der Waals surface area contributed by atoms with Crippen LogP contribution in [0.15, 0.2) is 11.6 Å². The topological polar surface area (TPSA) is 47.5 Å². The summed E-state index contributed by atoms with van der Waals surface area (Å²) in [7, 11) is 0. The normalized spacial score (nSPS) is 10.9. The van der Waals surface area contributed by atoms with Gasteiger partial charge in [-0.15, -0.1) is 11.3 Å². The van der Waals surface area contributed by atoms with E-state index < -0.39 is 0 Å². The van der Waals surface area contributed by atoms with Crippen LogP contribution in [0.4, 0.5) is 5.69 Å². The Morgan fingerprint density at radius 1 is 1.54 bits per heavy atom. The molecule has 0 unspecified atom stereocenters. The molecule has 0 aliphatic carbocycles. The van der Waals surface area contributed by atoms with Crippen molar-refractivity contribution in [3.63, 3.8) is 0 Å². The predicted octanol–water partition coefficient (Wildman–Crippen LogP) is 2.53. The largest absolute Gasteiger partial charge is 0.308 e. The lowest BCUT2D eigenvalue weighted by Gasteiger charge is -1.88. The number of rotatable bonds is 1. The first-order chi connectivity index (χ1) is 6.13. The van der Waals surface area contributed by atoms with Gasteiger partial charge in [-0.1, -0.05) is 0 Å². The third kappa shape index (κ3) is 0.968. The smallest absolute Gasteiger partial charge is 0.306 e. The lowest BCUT2D eigenvalue weighted by Crippen LogP contribution is -1.87. The van der Waals surface area contributed by atoms with E-state index in [4.69, 9.17) is 0 Å². The standard InChI is InChI=1S/C8H8N2O2S/c1-5-6(2)9-3-4-13-8(9)7(5)10(11)12/h3-4H,1-2H3. The van der Waals surface area contributed by atoms with Crippen LogP contribution in [0.25, 0.3) is 4.83 Å². The average molecular weight is 196 g/mol. The van der Waals surface area contributed by atoms with Crippen molar-refractivity contribution in [2.24, 2.45) is 0 Å². The first-order valence-electron chi connectivity index (χ1n) is 3.82. The number of nitrogens with zero attached hydrogens (tertiary/aromatic N) is 2. The SMILES string of the molecule is Cc1c([N+](=O)[O-])c2sccn2c1C. The van der Waals surface area contributed by atoms with Gasteiger partial charge in [0.1, 0.15) is 0 Å². The molecule has 2 heterocycles. The van der Waals surface area contributed by atoms with Gasteiger partial charge < -0.3 is 4.40 Å². The Kier molecular flexibility index (Phi) is 1.63. The Balaban J connectivity index is 2.92. The van der Waals surface area contributed by atoms with Crippen molar-refractivity contribution in [3.8, 4) is 0 Å². The summed E-state index contributed by atoms with van der Waals surface area (Å²) in [5.41, 5.74) is 1.95. The van der Waals surface area contributed by atoms with Gasteiger partial charge in [-0.25, -0.2) is 0 Å². The van der Waals surface area contributed by atoms with Crippen LogP contribution in [-0.2, 0) is 0 Å². The summed E-state index contributed by atoms with van der Waals surface area (Å²) in [6.07, 6.45) is 1.86. The summed E-state index contributed by atoms with van der Waals surface area (Å²) in [5.74, 6) is 0. The molecule has 0 aliphatic heterocycles. The molecule has 0 N–H and O–H groups in total. The summed E-state index contributed by atoms with van der Waals surface area (Å²) in [6, 6.07) is 0. The Morgan fingerprint density at radius 2 is 2.23 bits per heavy atom. The van der Waals surface area contributed by atoms with Crippen molar-refractivity contribution >= 4 is 21.9 Å². The summed E-state index contributed by atoms with van der Waals surface area (Å²) in [5, 5.41) is 12.6. The predicted molar refractivity (Wildman–Crippen MR) is 51.4 cm³/mol. The first kappa shape index (κ1) is 8.25. The van der Waals surface area contributed by atoms with Gasteiger partial charge >= 0.3 is 5.69 Å². The van der Waals surface area contributed by atoms with Crippen molar-refractivity contribution in [1.82, 2.24) is 4.40 Å². The molecule has 0 aliphatic rings. The molecule has 0 aromatic carbocycles. The van der Waals surface area contributed by atoms with Crippen LogP contribution in [-0.4, -0.2) is 9.32 Å². The first-order valence-corrected chi connectivity index (χ1v) is 4.70. The van der Waals surface area contributed by atoms with Crippen molar-refractivity contribution in [2.75, 3.05) is 0 Å². The van der Waals surface area contributed by atoms with Crippen LogP contribution in [0, 0.1) is 24.0 Å². The van der Waals surface area contributed by atoms with Crippen molar-refractivity contribution < 1.29 is 4.92 Å². The van der Waals surface area contributed by atoms with Crippen molar-refractivity contribution in [2.45, 2.75) is 13.8 Å². The maximum absolute atomic E-state index is 10.7. The van der Waals surface area contributed by atoms with Gasteiger partial charge in [-0.3, -0.25) is 10.1 Å². The van der Waals surface area contributed by atoms with E-state index in [1.807, 2.05) is 22.9 Å². The van der Waals surface area contributed by atoms with Crippen molar-refractivity contribution in [1.29, 1.82) is 0 Å². The zero-order chi connectivity index (χ0) is 9.59. The van der Waals surface area contributed by atoms with Crippen LogP contribution in [0.3, 0.4) is 0 Å². The molecular formula is C8H8N2O2S. The summed E-state index contributed by atoms with van der Waals surface area (Å²) in [4.78, 5) is 11.2. The van der Waals surface area contributed by atoms with E-state index in [2.05, 4.69) is 0 Å². The fraction of sp³-hybridized carbons (Fsp3) is 0.250. The highest BCUT2D eigenvalue weighted by molar-refractivity contribution is 7.16. The highest BCUT2D eigenvalue weighted by atomic mass is 32.1. The lowest BCUT2D eigenvalue weighted by atomic mass is 10.2. The molecule has 0 spiro atoms. The van der Waals surface area contributed by atoms with E-state index in [0.29, 0.717) is 0 Å². The summed E-state index contributed by atoms with van der Waals surface area (Å²) >= 11 is 1.40. The number of hydrogen-bond acceptors (Lipinski definition) is 3. The van der Waals surface area contributed by atoms with E-state index in [1.54, 1.807) is 6.92 Å². The van der Waals surface area contributed by atoms with Gasteiger partial charge in [0.05, 0.1) is 4.92 Å². The Bertz CT molecular complexity index is 484. The fourth-order valence-corrected chi connectivity index (χ4v) is 2.40. The monoisotopic (exact) mass is 196 g/mol. The molecule has 13 heavy (non-hydrogen) atoms. The van der Waals surface area contributed by atoms with E-state index in [9.17, 15) is 10.1 Å². The van der Waals surface area contributed by atoms with Gasteiger partial charge in [0.15, 0.2) is 4.83 Å². The van der Waals surface area contributed by atoms with E-state index in [1.165, 1.54) is 11.3 Å². The van der Waals surface area contributed by atoms with Crippen LogP contribution < -0.4 is 0 Å². The molecule has 0 saturated carbocycles. The van der Waals surface area contributed by atoms with E-state index in [0.717, 1.165) is 16.1 Å². The van der Waals surface area contributed by atoms with Gasteiger partial charge in [-0.2, -0.15) is 0 Å². The second kappa shape index (κ2) is 2.56. The molecule has 0 amide bonds. The maximum atomic E-state index is 10.7. The summed E-state index contributed by atoms with van der Waals surface area (Å²) < 4.78 is 1.86. The summed E-state index contributed by atoms with van der Waals surface area (Å²) in [6.45, 7) is 3.68. The number of hydrogen-bond donors (Lipinski definition) is 0. The Hall–Kier alpha value is -1.36. The third-order valence-corrected chi connectivity index (χ3v) is 3.12. The van der Waals surface area contributed by atoms with Crippen LogP contribution >= 0.6 is 11.3 Å². The van der Waals surface area contributed by atoms with Crippen LogP contribution in [0.5, 0.6) is 0 Å². The van der Waals surface area contributed by atoms with Gasteiger partial charge in [-0.05, 0) is 13.8 Å². The van der Waals surface area contributed by atoms with E-state index >= 15 is 0 Å². The molecule has 0 saturated heterocycles. The molecule has 2 rings (SSSR count). The molecule has 2 aromatic heterocycles. The van der Waals surface area contributed by atoms with Crippen LogP contribution in [0.2, 0.25) is 0 Å². The van der Waals surface area contributed by atoms with Gasteiger partial charge in [0, 0.05) is 22.8 Å². The molecule has 4 nitrogen and oxygen atoms in total. The second-order valence-electron chi connectivity index (χ2n) is 2.89.